The van der Waals surface area contributed by atoms with E-state index in [1.165, 1.54) is 62.3 Å². The van der Waals surface area contributed by atoms with Crippen molar-refractivity contribution in [3.8, 4) is 0 Å². The molecule has 116 valence electrons. The summed E-state index contributed by atoms with van der Waals surface area (Å²) < 4.78 is 0. The zero-order chi connectivity index (χ0) is 14.8. The second-order valence-corrected chi connectivity index (χ2v) is 6.95. The number of hydrogen-bond acceptors (Lipinski definition) is 3. The molecule has 1 aromatic carbocycles. The van der Waals surface area contributed by atoms with Crippen LogP contribution in [0.4, 0.5) is 5.69 Å². The maximum atomic E-state index is 6.06. The van der Waals surface area contributed by atoms with Gasteiger partial charge in [-0.3, -0.25) is 4.90 Å². The summed E-state index contributed by atoms with van der Waals surface area (Å²) in [6.07, 6.45) is 4.99. The molecule has 0 aromatic heterocycles. The Morgan fingerprint density at radius 1 is 1.24 bits per heavy atom. The van der Waals surface area contributed by atoms with Crippen molar-refractivity contribution in [1.29, 1.82) is 0 Å². The molecule has 3 nitrogen and oxygen atoms in total. The van der Waals surface area contributed by atoms with E-state index in [1.807, 2.05) is 0 Å². The van der Waals surface area contributed by atoms with Gasteiger partial charge in [0.2, 0.25) is 0 Å². The summed E-state index contributed by atoms with van der Waals surface area (Å²) in [4.78, 5) is 5.31. The Balaban J connectivity index is 1.84. The molecular formula is C18H29N3. The number of hydrogen-bond donors (Lipinski definition) is 1. The van der Waals surface area contributed by atoms with Crippen LogP contribution in [0.5, 0.6) is 0 Å². The maximum Gasteiger partial charge on any atom is 0.0400 e. The summed E-state index contributed by atoms with van der Waals surface area (Å²) in [6, 6.07) is 7.88. The van der Waals surface area contributed by atoms with Gasteiger partial charge in [0.15, 0.2) is 0 Å². The molecule has 0 amide bonds. The largest absolute Gasteiger partial charge is 0.370 e. The van der Waals surface area contributed by atoms with E-state index in [4.69, 9.17) is 5.73 Å². The predicted molar refractivity (Wildman–Crippen MR) is 90.0 cm³/mol. The second kappa shape index (κ2) is 6.37. The van der Waals surface area contributed by atoms with Crippen molar-refractivity contribution in [3.63, 3.8) is 0 Å². The van der Waals surface area contributed by atoms with Gasteiger partial charge >= 0.3 is 0 Å². The van der Waals surface area contributed by atoms with Gasteiger partial charge in [-0.05, 0) is 57.7 Å². The first-order valence-corrected chi connectivity index (χ1v) is 8.47. The SMILES string of the molecule is Cc1ccc(N2CCCN3CCCC3C2)c(CC(C)N)c1. The molecule has 2 aliphatic rings. The molecule has 0 bridgehead atoms. The Bertz CT molecular complexity index is 483. The lowest BCUT2D eigenvalue weighted by Crippen LogP contribution is -2.37. The Labute approximate surface area is 129 Å². The van der Waals surface area contributed by atoms with Crippen molar-refractivity contribution >= 4 is 5.69 Å². The zero-order valence-electron chi connectivity index (χ0n) is 13.5. The molecule has 1 aromatic rings. The van der Waals surface area contributed by atoms with Crippen molar-refractivity contribution in [1.82, 2.24) is 4.90 Å². The molecule has 3 rings (SSSR count). The molecule has 2 heterocycles. The van der Waals surface area contributed by atoms with Crippen LogP contribution in [-0.4, -0.2) is 43.2 Å². The Hall–Kier alpha value is -1.06. The van der Waals surface area contributed by atoms with Gasteiger partial charge in [-0.1, -0.05) is 17.7 Å². The molecule has 0 radical (unpaired) electrons. The van der Waals surface area contributed by atoms with Crippen molar-refractivity contribution in [2.75, 3.05) is 31.1 Å². The highest BCUT2D eigenvalue weighted by Crippen LogP contribution is 2.28. The van der Waals surface area contributed by atoms with Crippen LogP contribution in [0.1, 0.15) is 37.3 Å². The lowest BCUT2D eigenvalue weighted by Gasteiger charge is -2.29. The number of nitrogens with two attached hydrogens (primary N) is 1. The number of anilines is 1. The molecule has 2 fully saturated rings. The predicted octanol–water partition coefficient (Wildman–Crippen LogP) is 2.56. The van der Waals surface area contributed by atoms with Crippen LogP contribution in [-0.2, 0) is 6.42 Å². The fraction of sp³-hybridized carbons (Fsp3) is 0.667. The van der Waals surface area contributed by atoms with Crippen LogP contribution in [0.2, 0.25) is 0 Å². The molecule has 0 saturated carbocycles. The first kappa shape index (κ1) is 14.9. The molecule has 0 aliphatic carbocycles. The second-order valence-electron chi connectivity index (χ2n) is 6.95. The van der Waals surface area contributed by atoms with E-state index < -0.39 is 0 Å². The van der Waals surface area contributed by atoms with Crippen LogP contribution in [0, 0.1) is 6.92 Å². The topological polar surface area (TPSA) is 32.5 Å². The zero-order valence-corrected chi connectivity index (χ0v) is 13.5. The number of fused-ring (bicyclic) bond motifs is 1. The Kier molecular flexibility index (Phi) is 4.51. The summed E-state index contributed by atoms with van der Waals surface area (Å²) in [5, 5.41) is 0. The van der Waals surface area contributed by atoms with Gasteiger partial charge in [-0.25, -0.2) is 0 Å². The number of benzene rings is 1. The van der Waals surface area contributed by atoms with Crippen molar-refractivity contribution in [3.05, 3.63) is 29.3 Å². The highest BCUT2D eigenvalue weighted by molar-refractivity contribution is 5.55. The monoisotopic (exact) mass is 287 g/mol. The minimum absolute atomic E-state index is 0.223. The van der Waals surface area contributed by atoms with Gasteiger partial charge in [0.25, 0.3) is 0 Å². The standard InChI is InChI=1S/C18H29N3/c1-14-6-7-18(16(11-14)12-15(2)19)21-10-4-9-20-8-3-5-17(20)13-21/h6-7,11,15,17H,3-5,8-10,12-13,19H2,1-2H3. The Morgan fingerprint density at radius 2 is 2.05 bits per heavy atom. The summed E-state index contributed by atoms with van der Waals surface area (Å²) in [5.74, 6) is 0. The van der Waals surface area contributed by atoms with E-state index in [2.05, 4.69) is 41.8 Å². The average Bonchev–Trinajstić information content (AvgIpc) is 2.76. The minimum atomic E-state index is 0.223. The third-order valence-electron chi connectivity index (χ3n) is 4.92. The van der Waals surface area contributed by atoms with E-state index in [0.29, 0.717) is 0 Å². The molecule has 2 N–H and O–H groups in total. The number of rotatable bonds is 3. The van der Waals surface area contributed by atoms with Crippen LogP contribution in [0.25, 0.3) is 0 Å². The van der Waals surface area contributed by atoms with E-state index >= 15 is 0 Å². The third-order valence-corrected chi connectivity index (χ3v) is 4.92. The van der Waals surface area contributed by atoms with Gasteiger partial charge in [0, 0.05) is 37.4 Å². The summed E-state index contributed by atoms with van der Waals surface area (Å²) in [6.45, 7) is 9.23. The van der Waals surface area contributed by atoms with Gasteiger partial charge in [0.1, 0.15) is 0 Å². The van der Waals surface area contributed by atoms with E-state index in [9.17, 15) is 0 Å². The number of aryl methyl sites for hydroxylation is 1. The highest BCUT2D eigenvalue weighted by Gasteiger charge is 2.29. The molecule has 2 aliphatic heterocycles. The lowest BCUT2D eigenvalue weighted by atomic mass is 10.0. The molecular weight excluding hydrogens is 258 g/mol. The molecule has 2 atom stereocenters. The van der Waals surface area contributed by atoms with Crippen LogP contribution >= 0.6 is 0 Å². The fourth-order valence-corrected chi connectivity index (χ4v) is 3.96. The smallest absolute Gasteiger partial charge is 0.0400 e. The van der Waals surface area contributed by atoms with Gasteiger partial charge in [-0.2, -0.15) is 0 Å². The highest BCUT2D eigenvalue weighted by atomic mass is 15.3. The van der Waals surface area contributed by atoms with Crippen molar-refractivity contribution in [2.45, 2.75) is 51.6 Å². The quantitative estimate of drug-likeness (QED) is 0.927. The van der Waals surface area contributed by atoms with Crippen LogP contribution in [0.15, 0.2) is 18.2 Å². The van der Waals surface area contributed by atoms with Gasteiger partial charge in [-0.15, -0.1) is 0 Å². The van der Waals surface area contributed by atoms with E-state index in [0.717, 1.165) is 12.5 Å². The van der Waals surface area contributed by atoms with Crippen molar-refractivity contribution < 1.29 is 0 Å². The number of nitrogens with zero attached hydrogens (tertiary/aromatic N) is 2. The van der Waals surface area contributed by atoms with Gasteiger partial charge < -0.3 is 10.6 Å². The van der Waals surface area contributed by atoms with Crippen LogP contribution < -0.4 is 10.6 Å². The third kappa shape index (κ3) is 3.41. The van der Waals surface area contributed by atoms with Crippen LogP contribution in [0.3, 0.4) is 0 Å². The molecule has 21 heavy (non-hydrogen) atoms. The maximum absolute atomic E-state index is 6.06. The van der Waals surface area contributed by atoms with E-state index in [1.54, 1.807) is 0 Å². The minimum Gasteiger partial charge on any atom is -0.370 e. The fourth-order valence-electron chi connectivity index (χ4n) is 3.96. The first-order valence-electron chi connectivity index (χ1n) is 8.47. The van der Waals surface area contributed by atoms with Gasteiger partial charge in [0.05, 0.1) is 0 Å². The molecule has 2 saturated heterocycles. The Morgan fingerprint density at radius 3 is 2.86 bits per heavy atom. The lowest BCUT2D eigenvalue weighted by molar-refractivity contribution is 0.273. The molecule has 3 heteroatoms. The summed E-state index contributed by atoms with van der Waals surface area (Å²) in [7, 11) is 0. The average molecular weight is 287 g/mol. The van der Waals surface area contributed by atoms with E-state index in [-0.39, 0.29) is 6.04 Å². The molecule has 2 unspecified atom stereocenters. The van der Waals surface area contributed by atoms with Crippen molar-refractivity contribution in [2.24, 2.45) is 5.73 Å². The summed E-state index contributed by atoms with van der Waals surface area (Å²) in [5.41, 5.74) is 10.3. The molecule has 0 spiro atoms. The first-order chi connectivity index (χ1) is 10.1. The summed E-state index contributed by atoms with van der Waals surface area (Å²) >= 11 is 0. The normalized spacial score (nSPS) is 24.7.